The number of benzene rings is 1. The van der Waals surface area contributed by atoms with Crippen molar-refractivity contribution in [3.8, 4) is 11.8 Å². The van der Waals surface area contributed by atoms with Gasteiger partial charge in [0.25, 0.3) is 0 Å². The van der Waals surface area contributed by atoms with E-state index in [2.05, 4.69) is 15.2 Å². The molecule has 0 bridgehead atoms. The molecule has 1 aliphatic heterocycles. The Hall–Kier alpha value is -4.59. The van der Waals surface area contributed by atoms with E-state index in [-0.39, 0.29) is 48.7 Å². The number of anilines is 1. The Kier molecular flexibility index (Phi) is 12.5. The second-order valence-electron chi connectivity index (χ2n) is 12.7. The zero-order valence-corrected chi connectivity index (χ0v) is 30.1. The van der Waals surface area contributed by atoms with Crippen LogP contribution in [0.1, 0.15) is 71.1 Å². The summed E-state index contributed by atoms with van der Waals surface area (Å²) in [5.41, 5.74) is 10.5. The summed E-state index contributed by atoms with van der Waals surface area (Å²) in [5, 5.41) is 17.6. The van der Waals surface area contributed by atoms with Crippen LogP contribution in [0.2, 0.25) is 0 Å². The summed E-state index contributed by atoms with van der Waals surface area (Å²) in [6.07, 6.45) is 0.126. The van der Waals surface area contributed by atoms with Crippen LogP contribution in [0.25, 0.3) is 5.52 Å². The number of para-hydroxylation sites is 1. The Morgan fingerprint density at radius 1 is 1.10 bits per heavy atom. The number of nitriles is 1. The molecule has 2 fully saturated rings. The monoisotopic (exact) mass is 741 g/mol. The number of hydrogen-bond acceptors (Lipinski definition) is 15. The van der Waals surface area contributed by atoms with E-state index in [9.17, 15) is 24.2 Å². The molecule has 17 nitrogen and oxygen atoms in total. The van der Waals surface area contributed by atoms with Gasteiger partial charge in [0.15, 0.2) is 18.0 Å². The highest BCUT2D eigenvalue weighted by Gasteiger charge is 2.62. The summed E-state index contributed by atoms with van der Waals surface area (Å²) < 4.78 is 51.0. The number of rotatable bonds is 15. The molecule has 5 N–H and O–H groups in total. The fourth-order valence-corrected chi connectivity index (χ4v) is 7.57. The van der Waals surface area contributed by atoms with Crippen molar-refractivity contribution in [1.82, 2.24) is 19.7 Å². The fraction of sp³-hybridized carbons (Fsp3) is 0.529. The van der Waals surface area contributed by atoms with Crippen molar-refractivity contribution in [3.63, 3.8) is 0 Å². The maximum absolute atomic E-state index is 14.5. The molecule has 1 aliphatic carbocycles. The lowest BCUT2D eigenvalue weighted by molar-refractivity contribution is -0.169. The van der Waals surface area contributed by atoms with Crippen LogP contribution >= 0.6 is 7.75 Å². The zero-order chi connectivity index (χ0) is 37.5. The molecule has 52 heavy (non-hydrogen) atoms. The number of esters is 3. The normalized spacial score (nSPS) is 26.1. The number of nitrogens with zero attached hydrogens (tertiary/aromatic N) is 4. The summed E-state index contributed by atoms with van der Waals surface area (Å²) in [6.45, 7) is 3.87. The number of hydrogen-bond donors (Lipinski definition) is 3. The van der Waals surface area contributed by atoms with Crippen LogP contribution in [-0.4, -0.2) is 75.6 Å². The summed E-state index contributed by atoms with van der Waals surface area (Å²) in [7, 11) is -4.56. The first-order chi connectivity index (χ1) is 24.9. The van der Waals surface area contributed by atoms with E-state index < -0.39 is 62.2 Å². The zero-order valence-electron chi connectivity index (χ0n) is 29.2. The Bertz CT molecular complexity index is 1810. The van der Waals surface area contributed by atoms with Gasteiger partial charge in [-0.05, 0) is 62.8 Å². The summed E-state index contributed by atoms with van der Waals surface area (Å²) in [6, 6.07) is 12.2. The molecule has 1 aromatic carbocycles. The maximum Gasteiger partial charge on any atom is 0.459 e. The lowest BCUT2D eigenvalue weighted by Gasteiger charge is -2.30. The first kappa shape index (κ1) is 38.6. The van der Waals surface area contributed by atoms with E-state index in [1.165, 1.54) is 29.9 Å². The number of nitrogen functional groups attached to an aromatic ring is 1. The van der Waals surface area contributed by atoms with Gasteiger partial charge in [-0.2, -0.15) is 15.4 Å². The smallest absolute Gasteiger partial charge is 0.459 e. The number of nitrogens with two attached hydrogens (primary N) is 2. The Labute approximate surface area is 300 Å². The molecule has 0 amide bonds. The molecule has 0 spiro atoms. The number of aromatic nitrogens is 3. The van der Waals surface area contributed by atoms with Gasteiger partial charge in [0, 0.05) is 18.9 Å². The van der Waals surface area contributed by atoms with Crippen LogP contribution in [0.5, 0.6) is 5.75 Å². The van der Waals surface area contributed by atoms with Crippen molar-refractivity contribution < 1.29 is 46.9 Å². The Balaban J connectivity index is 1.45. The fourth-order valence-electron chi connectivity index (χ4n) is 6.05. The predicted octanol–water partition coefficient (Wildman–Crippen LogP) is 3.53. The number of carbonyl (C=O) groups excluding carboxylic acids is 3. The number of carbonyl (C=O) groups is 3. The minimum atomic E-state index is -4.56. The topological polar surface area (TPSA) is 242 Å². The van der Waals surface area contributed by atoms with Crippen LogP contribution < -0.4 is 21.1 Å². The molecule has 0 radical (unpaired) electrons. The highest BCUT2D eigenvalue weighted by atomic mass is 31.2. The van der Waals surface area contributed by atoms with E-state index in [1.807, 2.05) is 6.07 Å². The molecular formula is C34H44N7O10P. The third-order valence-corrected chi connectivity index (χ3v) is 10.6. The number of nitrogens with one attached hydrogen (secondary N) is 1. The molecule has 18 heteroatoms. The standard InChI is InChI=1S/C34H44N7O10P/c1-4-27(42)48-30-29(25-15-16-26-32(37)38-20-39-41(25)26)50-34(18-35,31(30)49-28(43)5-2)19-47-52(45,51-24-9-7-6-8-10-24)40-21(3)33(44)46-17-22-11-13-23(36)14-12-22/h6-10,15-16,20-23,29-31H,4-5,11-14,17,19,36H2,1-3H3,(H,40,45)(H2,37,38,39)/t21-,22-,23-,29-,30-,31-,34+,52?/m0/s1. The number of ether oxygens (including phenoxy) is 4. The molecule has 6 atom stereocenters. The van der Waals surface area contributed by atoms with Gasteiger partial charge in [-0.1, -0.05) is 32.0 Å². The second kappa shape index (κ2) is 16.8. The lowest BCUT2D eigenvalue weighted by atomic mass is 9.87. The van der Waals surface area contributed by atoms with Crippen molar-refractivity contribution in [2.24, 2.45) is 11.7 Å². The second-order valence-corrected chi connectivity index (χ2v) is 14.4. The Morgan fingerprint density at radius 2 is 1.79 bits per heavy atom. The highest BCUT2D eigenvalue weighted by molar-refractivity contribution is 7.52. The van der Waals surface area contributed by atoms with Crippen molar-refractivity contribution in [1.29, 1.82) is 5.26 Å². The van der Waals surface area contributed by atoms with Crippen LogP contribution in [0.15, 0.2) is 48.8 Å². The molecule has 3 aromatic rings. The van der Waals surface area contributed by atoms with Crippen molar-refractivity contribution in [3.05, 3.63) is 54.5 Å². The average Bonchev–Trinajstić information content (AvgIpc) is 3.70. The van der Waals surface area contributed by atoms with Gasteiger partial charge < -0.3 is 34.9 Å². The van der Waals surface area contributed by atoms with E-state index in [0.717, 1.165) is 25.7 Å². The van der Waals surface area contributed by atoms with Gasteiger partial charge in [0.1, 0.15) is 42.4 Å². The third kappa shape index (κ3) is 8.88. The van der Waals surface area contributed by atoms with Gasteiger partial charge in [-0.3, -0.25) is 18.9 Å². The van der Waals surface area contributed by atoms with Gasteiger partial charge in [-0.15, -0.1) is 0 Å². The first-order valence-corrected chi connectivity index (χ1v) is 18.7. The third-order valence-electron chi connectivity index (χ3n) is 8.96. The lowest BCUT2D eigenvalue weighted by Crippen LogP contribution is -2.49. The van der Waals surface area contributed by atoms with Gasteiger partial charge in [-0.25, -0.2) is 14.1 Å². The molecule has 2 aromatic heterocycles. The molecule has 1 saturated heterocycles. The van der Waals surface area contributed by atoms with Gasteiger partial charge in [0.05, 0.1) is 12.3 Å². The molecule has 5 rings (SSSR count). The quantitative estimate of drug-likeness (QED) is 0.115. The number of fused-ring (bicyclic) bond motifs is 1. The minimum Gasteiger partial charge on any atom is -0.464 e. The van der Waals surface area contributed by atoms with E-state index in [0.29, 0.717) is 5.52 Å². The van der Waals surface area contributed by atoms with E-state index >= 15 is 0 Å². The van der Waals surface area contributed by atoms with Crippen LogP contribution in [0, 0.1) is 17.2 Å². The minimum absolute atomic E-state index is 0.0515. The SMILES string of the molecule is CCC(=O)O[C@H]1[C@H](c2ccc3c(N)ncnn23)O[C@](C#N)(COP(=O)(N[C@@H](C)C(=O)OC[C@H]2CC[C@H](N)CC2)Oc2ccccc2)[C@H]1OC(=O)CC. The van der Waals surface area contributed by atoms with Crippen molar-refractivity contribution >= 4 is 37.0 Å². The van der Waals surface area contributed by atoms with Crippen LogP contribution in [0.4, 0.5) is 5.82 Å². The molecule has 3 heterocycles. The predicted molar refractivity (Wildman–Crippen MR) is 184 cm³/mol. The summed E-state index contributed by atoms with van der Waals surface area (Å²) in [4.78, 5) is 42.7. The van der Waals surface area contributed by atoms with Gasteiger partial charge in [0.2, 0.25) is 5.60 Å². The summed E-state index contributed by atoms with van der Waals surface area (Å²) >= 11 is 0. The molecule has 1 saturated carbocycles. The molecule has 1 unspecified atom stereocenters. The average molecular weight is 742 g/mol. The van der Waals surface area contributed by atoms with E-state index in [4.69, 9.17) is 39.5 Å². The largest absolute Gasteiger partial charge is 0.464 e. The molecule has 2 aliphatic rings. The highest BCUT2D eigenvalue weighted by Crippen LogP contribution is 2.50. The van der Waals surface area contributed by atoms with Crippen molar-refractivity contribution in [2.45, 2.75) is 95.3 Å². The molecule has 280 valence electrons. The molecular weight excluding hydrogens is 697 g/mol. The van der Waals surface area contributed by atoms with Crippen LogP contribution in [0.3, 0.4) is 0 Å². The van der Waals surface area contributed by atoms with E-state index in [1.54, 1.807) is 44.2 Å². The Morgan fingerprint density at radius 3 is 2.46 bits per heavy atom. The van der Waals surface area contributed by atoms with Gasteiger partial charge >= 0.3 is 25.7 Å². The summed E-state index contributed by atoms with van der Waals surface area (Å²) in [5.74, 6) is -1.70. The first-order valence-electron chi connectivity index (χ1n) is 17.2. The van der Waals surface area contributed by atoms with Crippen molar-refractivity contribution in [2.75, 3.05) is 18.9 Å². The van der Waals surface area contributed by atoms with Crippen LogP contribution in [-0.2, 0) is 42.4 Å². The maximum atomic E-state index is 14.5.